The van der Waals surface area contributed by atoms with E-state index in [1.54, 1.807) is 12.1 Å². The second-order valence-electron chi connectivity index (χ2n) is 7.71. The van der Waals surface area contributed by atoms with Crippen molar-refractivity contribution in [3.8, 4) is 0 Å². The van der Waals surface area contributed by atoms with Crippen LogP contribution in [-0.2, 0) is 10.2 Å². The van der Waals surface area contributed by atoms with Gasteiger partial charge in [0.1, 0.15) is 11.7 Å². The lowest BCUT2D eigenvalue weighted by molar-refractivity contribution is -0.125. The summed E-state index contributed by atoms with van der Waals surface area (Å²) < 4.78 is 13.3. The van der Waals surface area contributed by atoms with Gasteiger partial charge in [-0.1, -0.05) is 12.1 Å². The van der Waals surface area contributed by atoms with Gasteiger partial charge in [0.2, 0.25) is 5.91 Å². The lowest BCUT2D eigenvalue weighted by Crippen LogP contribution is -2.64. The van der Waals surface area contributed by atoms with Crippen molar-refractivity contribution >= 4 is 17.5 Å². The third kappa shape index (κ3) is 2.25. The van der Waals surface area contributed by atoms with Crippen molar-refractivity contribution in [2.75, 3.05) is 5.88 Å². The van der Waals surface area contributed by atoms with Crippen LogP contribution in [0.25, 0.3) is 0 Å². The van der Waals surface area contributed by atoms with Gasteiger partial charge < -0.3 is 5.32 Å². The highest BCUT2D eigenvalue weighted by Crippen LogP contribution is 2.62. The lowest BCUT2D eigenvalue weighted by Gasteiger charge is -2.62. The highest BCUT2D eigenvalue weighted by atomic mass is 35.5. The summed E-state index contributed by atoms with van der Waals surface area (Å²) in [6.45, 7) is 0. The number of hydrogen-bond donors (Lipinski definition) is 1. The Kier molecular flexibility index (Phi) is 3.26. The van der Waals surface area contributed by atoms with Gasteiger partial charge in [-0.25, -0.2) is 4.39 Å². The smallest absolute Gasteiger partial charge is 0.235 e. The Morgan fingerprint density at radius 1 is 1.18 bits per heavy atom. The van der Waals surface area contributed by atoms with Crippen LogP contribution in [0.15, 0.2) is 24.3 Å². The molecule has 4 fully saturated rings. The molecule has 0 aromatic heterocycles. The van der Waals surface area contributed by atoms with Crippen molar-refractivity contribution in [1.29, 1.82) is 0 Å². The molecule has 4 aliphatic carbocycles. The first-order chi connectivity index (χ1) is 10.5. The van der Waals surface area contributed by atoms with Crippen molar-refractivity contribution in [3.63, 3.8) is 0 Å². The molecule has 0 heterocycles. The van der Waals surface area contributed by atoms with Crippen LogP contribution in [0.5, 0.6) is 0 Å². The summed E-state index contributed by atoms with van der Waals surface area (Å²) in [5.74, 6) is 1.13. The summed E-state index contributed by atoms with van der Waals surface area (Å²) in [6.07, 6.45) is 6.76. The average Bonchev–Trinajstić information content (AvgIpc) is 2.45. The maximum Gasteiger partial charge on any atom is 0.235 e. The topological polar surface area (TPSA) is 29.1 Å². The van der Waals surface area contributed by atoms with Crippen molar-refractivity contribution in [1.82, 2.24) is 5.32 Å². The Morgan fingerprint density at radius 2 is 1.82 bits per heavy atom. The molecule has 5 rings (SSSR count). The molecule has 118 valence electrons. The largest absolute Gasteiger partial charge is 0.350 e. The van der Waals surface area contributed by atoms with Crippen LogP contribution in [0.2, 0.25) is 0 Å². The Morgan fingerprint density at radius 3 is 2.41 bits per heavy atom. The van der Waals surface area contributed by atoms with E-state index in [2.05, 4.69) is 5.32 Å². The zero-order valence-electron chi connectivity index (χ0n) is 12.6. The number of carbonyl (C=O) groups excluding carboxylic acids is 1. The Bertz CT molecular complexity index is 586. The molecular weight excluding hydrogens is 301 g/mol. The average molecular weight is 322 g/mol. The molecule has 2 nitrogen and oxygen atoms in total. The van der Waals surface area contributed by atoms with E-state index in [0.29, 0.717) is 11.8 Å². The summed E-state index contributed by atoms with van der Waals surface area (Å²) >= 11 is 5.71. The minimum Gasteiger partial charge on any atom is -0.350 e. The van der Waals surface area contributed by atoms with E-state index in [1.165, 1.54) is 24.8 Å². The van der Waals surface area contributed by atoms with Gasteiger partial charge in [0.25, 0.3) is 0 Å². The monoisotopic (exact) mass is 321 g/mol. The highest BCUT2D eigenvalue weighted by Gasteiger charge is 2.58. The van der Waals surface area contributed by atoms with Gasteiger partial charge in [-0.05, 0) is 73.5 Å². The number of halogens is 2. The number of hydrogen-bond acceptors (Lipinski definition) is 1. The van der Waals surface area contributed by atoms with Crippen LogP contribution in [0.3, 0.4) is 0 Å². The summed E-state index contributed by atoms with van der Waals surface area (Å²) in [5, 5.41) is 3.24. The van der Waals surface area contributed by atoms with Gasteiger partial charge >= 0.3 is 0 Å². The van der Waals surface area contributed by atoms with Gasteiger partial charge in [-0.15, -0.1) is 11.6 Å². The summed E-state index contributed by atoms with van der Waals surface area (Å²) in [6, 6.07) is 7.02. The first-order valence-electron chi connectivity index (χ1n) is 8.16. The molecule has 2 atom stereocenters. The maximum atomic E-state index is 13.3. The van der Waals surface area contributed by atoms with E-state index in [4.69, 9.17) is 11.6 Å². The maximum absolute atomic E-state index is 13.3. The van der Waals surface area contributed by atoms with Gasteiger partial charge in [-0.3, -0.25) is 4.79 Å². The molecule has 1 amide bonds. The van der Waals surface area contributed by atoms with Crippen LogP contribution < -0.4 is 5.32 Å². The number of alkyl halides is 1. The number of amides is 1. The third-order valence-corrected chi connectivity index (χ3v) is 6.29. The SMILES string of the molecule is O=C(CCl)NC12CC3CC(C1)CC(c1ccc(F)cc1)(C3)C2. The van der Waals surface area contributed by atoms with E-state index in [-0.39, 0.29) is 28.6 Å². The fourth-order valence-electron chi connectivity index (χ4n) is 5.88. The lowest BCUT2D eigenvalue weighted by atomic mass is 9.45. The van der Waals surface area contributed by atoms with Crippen LogP contribution >= 0.6 is 11.6 Å². The fraction of sp³-hybridized carbons (Fsp3) is 0.611. The van der Waals surface area contributed by atoms with Gasteiger partial charge in [0.15, 0.2) is 0 Å². The van der Waals surface area contributed by atoms with E-state index >= 15 is 0 Å². The molecule has 0 aliphatic heterocycles. The molecule has 4 aliphatic rings. The molecule has 0 radical (unpaired) electrons. The number of carbonyl (C=O) groups is 1. The van der Waals surface area contributed by atoms with Gasteiger partial charge in [0.05, 0.1) is 0 Å². The van der Waals surface area contributed by atoms with Crippen LogP contribution in [0.4, 0.5) is 4.39 Å². The summed E-state index contributed by atoms with van der Waals surface area (Å²) in [7, 11) is 0. The minimum absolute atomic E-state index is 0.0284. The van der Waals surface area contributed by atoms with Gasteiger partial charge in [0, 0.05) is 5.54 Å². The molecule has 1 aromatic rings. The molecule has 4 heteroatoms. The van der Waals surface area contributed by atoms with Crippen molar-refractivity contribution in [2.24, 2.45) is 11.8 Å². The molecule has 2 unspecified atom stereocenters. The molecule has 0 spiro atoms. The Balaban J connectivity index is 1.69. The van der Waals surface area contributed by atoms with Crippen LogP contribution in [-0.4, -0.2) is 17.3 Å². The fourth-order valence-corrected chi connectivity index (χ4v) is 5.95. The molecule has 1 aromatic carbocycles. The van der Waals surface area contributed by atoms with Crippen LogP contribution in [0.1, 0.15) is 44.1 Å². The summed E-state index contributed by atoms with van der Waals surface area (Å²) in [5.41, 5.74) is 1.26. The number of rotatable bonds is 3. The number of benzene rings is 1. The van der Waals surface area contributed by atoms with E-state index in [9.17, 15) is 9.18 Å². The minimum atomic E-state index is -0.182. The predicted octanol–water partition coefficient (Wildman–Crippen LogP) is 3.77. The summed E-state index contributed by atoms with van der Waals surface area (Å²) in [4.78, 5) is 11.9. The van der Waals surface area contributed by atoms with E-state index in [0.717, 1.165) is 19.3 Å². The first kappa shape index (κ1) is 14.5. The zero-order valence-corrected chi connectivity index (χ0v) is 13.3. The predicted molar refractivity (Wildman–Crippen MR) is 84.4 cm³/mol. The molecular formula is C18H21ClFNO. The third-order valence-electron chi connectivity index (χ3n) is 6.04. The van der Waals surface area contributed by atoms with Crippen molar-refractivity contribution in [3.05, 3.63) is 35.6 Å². The second kappa shape index (κ2) is 4.95. The van der Waals surface area contributed by atoms with Gasteiger partial charge in [-0.2, -0.15) is 0 Å². The quantitative estimate of drug-likeness (QED) is 0.844. The second-order valence-corrected chi connectivity index (χ2v) is 7.98. The molecule has 1 N–H and O–H groups in total. The van der Waals surface area contributed by atoms with E-state index in [1.807, 2.05) is 12.1 Å². The normalized spacial score (nSPS) is 39.0. The van der Waals surface area contributed by atoms with Crippen LogP contribution in [0, 0.1) is 17.7 Å². The Labute approximate surface area is 135 Å². The highest BCUT2D eigenvalue weighted by molar-refractivity contribution is 6.27. The zero-order chi connectivity index (χ0) is 15.4. The molecule has 4 bridgehead atoms. The van der Waals surface area contributed by atoms with Crippen molar-refractivity contribution < 1.29 is 9.18 Å². The number of nitrogens with one attached hydrogen (secondary N) is 1. The standard InChI is InChI=1S/C18H21ClFNO/c19-10-16(22)21-18-8-12-5-13(9-18)7-17(6-12,11-18)14-1-3-15(20)4-2-14/h1-4,12-13H,5-11H2,(H,21,22). The van der Waals surface area contributed by atoms with Crippen molar-refractivity contribution in [2.45, 2.75) is 49.5 Å². The van der Waals surface area contributed by atoms with E-state index < -0.39 is 0 Å². The molecule has 22 heavy (non-hydrogen) atoms. The first-order valence-corrected chi connectivity index (χ1v) is 8.69. The molecule has 4 saturated carbocycles. The Hall–Kier alpha value is -1.09. The molecule has 0 saturated heterocycles.